The molecular weight excluding hydrogens is 516 g/mol. The lowest BCUT2D eigenvalue weighted by Gasteiger charge is -2.19. The average Bonchev–Trinajstić information content (AvgIpc) is 3.09. The van der Waals surface area contributed by atoms with E-state index in [-0.39, 0.29) is 10.8 Å². The molecule has 1 aliphatic heterocycles. The Kier molecular flexibility index (Phi) is 6.59. The fraction of sp³-hybridized carbons (Fsp3) is 0.0625. The molecule has 4 nitrogen and oxygen atoms in total. The monoisotopic (exact) mass is 537 g/mol. The molecule has 1 atom stereocenters. The minimum atomic E-state index is -0.968. The highest BCUT2D eigenvalue weighted by molar-refractivity contribution is 7.99. The number of pyridine rings is 1. The number of carboxylic acids is 1. The lowest BCUT2D eigenvalue weighted by atomic mass is 9.98. The predicted molar refractivity (Wildman–Crippen MR) is 149 cm³/mol. The highest BCUT2D eigenvalue weighted by atomic mass is 32.2. The molecule has 0 aliphatic carbocycles. The molecule has 6 rings (SSSR count). The number of carbonyl (C=O) groups is 1. The predicted octanol–water partition coefficient (Wildman–Crippen LogP) is 8.16. The van der Waals surface area contributed by atoms with Gasteiger partial charge in [0.2, 0.25) is 0 Å². The van der Waals surface area contributed by atoms with Gasteiger partial charge in [0.15, 0.2) is 11.6 Å². The van der Waals surface area contributed by atoms with Crippen molar-refractivity contribution >= 4 is 40.8 Å². The van der Waals surface area contributed by atoms with Gasteiger partial charge in [-0.3, -0.25) is 0 Å². The smallest absolute Gasteiger partial charge is 0.335 e. The number of thioether (sulfide) groups is 1. The van der Waals surface area contributed by atoms with Crippen LogP contribution in [0.5, 0.6) is 5.75 Å². The number of nitrogens with zero attached hydrogens (tertiary/aromatic N) is 1. The summed E-state index contributed by atoms with van der Waals surface area (Å²) in [5.74, 6) is -2.04. The molecule has 4 aromatic carbocycles. The van der Waals surface area contributed by atoms with Gasteiger partial charge < -0.3 is 9.84 Å². The first-order valence-corrected chi connectivity index (χ1v) is 13.1. The zero-order valence-corrected chi connectivity index (χ0v) is 21.3. The molecule has 0 saturated heterocycles. The first-order valence-electron chi connectivity index (χ1n) is 12.2. The van der Waals surface area contributed by atoms with Crippen molar-refractivity contribution in [3.63, 3.8) is 0 Å². The van der Waals surface area contributed by atoms with Crippen LogP contribution < -0.4 is 4.74 Å². The number of hydrogen-bond donors (Lipinski definition) is 1. The summed E-state index contributed by atoms with van der Waals surface area (Å²) in [6.45, 7) is 0.433. The Hall–Kier alpha value is -4.49. The molecule has 1 aliphatic rings. The van der Waals surface area contributed by atoms with E-state index in [2.05, 4.69) is 17.1 Å². The van der Waals surface area contributed by atoms with Crippen molar-refractivity contribution in [2.45, 2.75) is 16.8 Å². The van der Waals surface area contributed by atoms with Crippen molar-refractivity contribution in [1.82, 2.24) is 4.98 Å². The second-order valence-corrected chi connectivity index (χ2v) is 10.3. The van der Waals surface area contributed by atoms with Crippen molar-refractivity contribution < 1.29 is 23.4 Å². The van der Waals surface area contributed by atoms with E-state index in [1.165, 1.54) is 0 Å². The molecule has 7 heteroatoms. The normalized spacial score (nSPS) is 14.5. The van der Waals surface area contributed by atoms with Crippen LogP contribution in [-0.4, -0.2) is 16.1 Å². The molecule has 0 spiro atoms. The van der Waals surface area contributed by atoms with Crippen LogP contribution in [0.3, 0.4) is 0 Å². The Morgan fingerprint density at radius 2 is 1.74 bits per heavy atom. The molecule has 1 aromatic heterocycles. The lowest BCUT2D eigenvalue weighted by Crippen LogP contribution is -2.00. The van der Waals surface area contributed by atoms with Gasteiger partial charge in [-0.25, -0.2) is 18.6 Å². The fourth-order valence-corrected chi connectivity index (χ4v) is 5.92. The minimum absolute atomic E-state index is 0.132. The summed E-state index contributed by atoms with van der Waals surface area (Å²) in [6.07, 6.45) is 3.74. The van der Waals surface area contributed by atoms with Crippen LogP contribution in [0.2, 0.25) is 0 Å². The SMILES string of the molecule is O=C(O)c1cccc(SC2c3ccccc3COc3ccc(/C=C/c4ccc5cc(F)c(F)cc5n4)cc32)c1. The van der Waals surface area contributed by atoms with Crippen LogP contribution >= 0.6 is 11.8 Å². The van der Waals surface area contributed by atoms with E-state index < -0.39 is 17.6 Å². The second-order valence-electron chi connectivity index (χ2n) is 9.14. The Labute approximate surface area is 227 Å². The largest absolute Gasteiger partial charge is 0.489 e. The third-order valence-electron chi connectivity index (χ3n) is 6.57. The van der Waals surface area contributed by atoms with Gasteiger partial charge in [-0.2, -0.15) is 0 Å². The van der Waals surface area contributed by atoms with E-state index in [4.69, 9.17) is 4.74 Å². The number of carboxylic acid groups (broad SMARTS) is 1. The second kappa shape index (κ2) is 10.3. The van der Waals surface area contributed by atoms with Gasteiger partial charge in [-0.15, -0.1) is 11.8 Å². The Balaban J connectivity index is 1.37. The molecule has 192 valence electrons. The fourth-order valence-electron chi connectivity index (χ4n) is 4.62. The maximum absolute atomic E-state index is 13.7. The number of aromatic nitrogens is 1. The number of hydrogen-bond acceptors (Lipinski definition) is 4. The summed E-state index contributed by atoms with van der Waals surface area (Å²) in [5, 5.41) is 9.87. The molecular formula is C32H21F2NO3S. The number of rotatable bonds is 5. The quantitative estimate of drug-likeness (QED) is 0.245. The van der Waals surface area contributed by atoms with E-state index in [0.29, 0.717) is 23.2 Å². The number of fused-ring (bicyclic) bond motifs is 3. The molecule has 0 saturated carbocycles. The van der Waals surface area contributed by atoms with Crippen molar-refractivity contribution in [1.29, 1.82) is 0 Å². The van der Waals surface area contributed by atoms with Gasteiger partial charge in [0.1, 0.15) is 12.4 Å². The van der Waals surface area contributed by atoms with Crippen molar-refractivity contribution in [2.75, 3.05) is 0 Å². The van der Waals surface area contributed by atoms with E-state index >= 15 is 0 Å². The van der Waals surface area contributed by atoms with Gasteiger partial charge in [-0.05, 0) is 65.2 Å². The van der Waals surface area contributed by atoms with E-state index in [0.717, 1.165) is 45.0 Å². The first-order chi connectivity index (χ1) is 18.9. The summed E-state index contributed by atoms with van der Waals surface area (Å²) in [4.78, 5) is 16.8. The van der Waals surface area contributed by atoms with Crippen LogP contribution in [0.15, 0.2) is 95.9 Å². The third kappa shape index (κ3) is 5.13. The van der Waals surface area contributed by atoms with Gasteiger partial charge in [0, 0.05) is 21.9 Å². The molecule has 0 amide bonds. The number of halogens is 2. The van der Waals surface area contributed by atoms with E-state index in [9.17, 15) is 18.7 Å². The van der Waals surface area contributed by atoms with Crippen LogP contribution in [0.4, 0.5) is 8.78 Å². The van der Waals surface area contributed by atoms with E-state index in [1.54, 1.807) is 42.1 Å². The Bertz CT molecular complexity index is 1770. The van der Waals surface area contributed by atoms with Gasteiger partial charge in [-0.1, -0.05) is 48.5 Å². The van der Waals surface area contributed by atoms with Crippen LogP contribution in [-0.2, 0) is 6.61 Å². The summed E-state index contributed by atoms with van der Waals surface area (Å²) < 4.78 is 33.4. The molecule has 2 heterocycles. The Morgan fingerprint density at radius 1 is 0.897 bits per heavy atom. The molecule has 0 fully saturated rings. The maximum atomic E-state index is 13.7. The molecule has 39 heavy (non-hydrogen) atoms. The number of benzene rings is 4. The summed E-state index contributed by atoms with van der Waals surface area (Å²) >= 11 is 1.58. The van der Waals surface area contributed by atoms with Crippen LogP contribution in [0.1, 0.15) is 43.6 Å². The van der Waals surface area contributed by atoms with Gasteiger partial charge in [0.05, 0.1) is 22.0 Å². The highest BCUT2D eigenvalue weighted by Crippen LogP contribution is 2.47. The summed E-state index contributed by atoms with van der Waals surface area (Å²) in [5.41, 5.74) is 5.28. The molecule has 5 aromatic rings. The van der Waals surface area contributed by atoms with Crippen molar-refractivity contribution in [2.24, 2.45) is 0 Å². The average molecular weight is 538 g/mol. The molecule has 1 N–H and O–H groups in total. The maximum Gasteiger partial charge on any atom is 0.335 e. The molecule has 1 unspecified atom stereocenters. The number of ether oxygens (including phenoxy) is 1. The lowest BCUT2D eigenvalue weighted by molar-refractivity contribution is 0.0696. The standard InChI is InChI=1S/C32H21F2NO3S/c33-27-16-20-10-12-23(35-29(20)17-28(27)34)11-8-19-9-13-30-26(14-19)31(25-7-2-1-4-22(25)18-38-30)39-24-6-3-5-21(15-24)32(36)37/h1-17,31H,18H2,(H,36,37)/b11-8+. The molecule has 0 bridgehead atoms. The van der Waals surface area contributed by atoms with E-state index in [1.807, 2.05) is 48.6 Å². The number of aromatic carboxylic acids is 1. The first kappa shape index (κ1) is 24.8. The van der Waals surface area contributed by atoms with Crippen LogP contribution in [0, 0.1) is 11.6 Å². The van der Waals surface area contributed by atoms with Crippen molar-refractivity contribution in [3.8, 4) is 5.75 Å². The summed E-state index contributed by atoms with van der Waals surface area (Å²) in [7, 11) is 0. The third-order valence-corrected chi connectivity index (χ3v) is 7.84. The highest BCUT2D eigenvalue weighted by Gasteiger charge is 2.26. The topological polar surface area (TPSA) is 59.4 Å². The zero-order valence-electron chi connectivity index (χ0n) is 20.5. The van der Waals surface area contributed by atoms with Gasteiger partial charge >= 0.3 is 5.97 Å². The van der Waals surface area contributed by atoms with Gasteiger partial charge in [0.25, 0.3) is 0 Å². The summed E-state index contributed by atoms with van der Waals surface area (Å²) in [6, 6.07) is 26.7. The minimum Gasteiger partial charge on any atom is -0.489 e. The van der Waals surface area contributed by atoms with Crippen molar-refractivity contribution in [3.05, 3.63) is 136 Å². The zero-order chi connectivity index (χ0) is 26.9. The Morgan fingerprint density at radius 3 is 2.62 bits per heavy atom. The van der Waals surface area contributed by atoms with Crippen LogP contribution in [0.25, 0.3) is 23.1 Å². The molecule has 0 radical (unpaired) electrons.